The molecule has 4 rings (SSSR count). The van der Waals surface area contributed by atoms with Crippen LogP contribution in [0.15, 0.2) is 0 Å². The first-order valence-corrected chi connectivity index (χ1v) is 9.72. The van der Waals surface area contributed by atoms with Gasteiger partial charge < -0.3 is 10.2 Å². The molecule has 0 radical (unpaired) electrons. The van der Waals surface area contributed by atoms with Crippen LogP contribution in [0.2, 0.25) is 0 Å². The van der Waals surface area contributed by atoms with Crippen molar-refractivity contribution >= 4 is 0 Å². The van der Waals surface area contributed by atoms with E-state index in [1.54, 1.807) is 0 Å². The van der Waals surface area contributed by atoms with Gasteiger partial charge in [-0.2, -0.15) is 0 Å². The summed E-state index contributed by atoms with van der Waals surface area (Å²) in [6.07, 6.45) is 15.6. The van der Waals surface area contributed by atoms with E-state index in [1.165, 1.54) is 25.7 Å². The summed E-state index contributed by atoms with van der Waals surface area (Å²) in [6, 6.07) is 0. The van der Waals surface area contributed by atoms with Crippen molar-refractivity contribution < 1.29 is 10.2 Å². The maximum absolute atomic E-state index is 11.0. The fourth-order valence-corrected chi connectivity index (χ4v) is 7.49. The van der Waals surface area contributed by atoms with Crippen molar-refractivity contribution in [2.45, 2.75) is 83.3 Å². The Bertz CT molecular complexity index is 536. The molecule has 0 bridgehead atoms. The lowest BCUT2D eigenvalue weighted by Gasteiger charge is -2.61. The van der Waals surface area contributed by atoms with E-state index in [-0.39, 0.29) is 11.5 Å². The van der Waals surface area contributed by atoms with Crippen LogP contribution in [-0.2, 0) is 0 Å². The minimum absolute atomic E-state index is 0.0727. The quantitative estimate of drug-likeness (QED) is 0.668. The van der Waals surface area contributed by atoms with Crippen molar-refractivity contribution in [2.24, 2.45) is 34.5 Å². The summed E-state index contributed by atoms with van der Waals surface area (Å²) in [5.41, 5.74) is -0.566. The Kier molecular flexibility index (Phi) is 3.47. The smallest absolute Gasteiger partial charge is 0.130 e. The molecule has 0 aromatic heterocycles. The first-order chi connectivity index (χ1) is 10.8. The van der Waals surface area contributed by atoms with Crippen LogP contribution in [0.5, 0.6) is 0 Å². The summed E-state index contributed by atoms with van der Waals surface area (Å²) in [7, 11) is 0. The minimum Gasteiger partial charge on any atom is -0.393 e. The van der Waals surface area contributed by atoms with Gasteiger partial charge in [0.05, 0.1) is 6.10 Å². The van der Waals surface area contributed by atoms with Gasteiger partial charge in [-0.1, -0.05) is 19.8 Å². The number of hydrogen-bond donors (Lipinski definition) is 2. The molecule has 0 saturated heterocycles. The Balaban J connectivity index is 1.65. The SMILES string of the molecule is C#C[C@@]1(O)CC[C@@H]2[C@@H]3CC[C@@H]4C[C@H](O)CC[C@]4(C)[C@@H]3CC[C@@]21C. The molecule has 0 unspecified atom stereocenters. The second-order valence-corrected chi connectivity index (χ2v) is 9.58. The van der Waals surface area contributed by atoms with Gasteiger partial charge >= 0.3 is 0 Å². The third-order valence-corrected chi connectivity index (χ3v) is 9.03. The number of rotatable bonds is 0. The van der Waals surface area contributed by atoms with E-state index in [4.69, 9.17) is 6.42 Å². The van der Waals surface area contributed by atoms with Crippen molar-refractivity contribution in [3.8, 4) is 12.3 Å². The Morgan fingerprint density at radius 2 is 1.70 bits per heavy atom. The highest BCUT2D eigenvalue weighted by molar-refractivity contribution is 5.23. The van der Waals surface area contributed by atoms with Gasteiger partial charge in [0.25, 0.3) is 0 Å². The molecule has 2 N–H and O–H groups in total. The van der Waals surface area contributed by atoms with E-state index in [1.807, 2.05) is 0 Å². The third kappa shape index (κ3) is 1.96. The molecule has 2 nitrogen and oxygen atoms in total. The molecule has 23 heavy (non-hydrogen) atoms. The van der Waals surface area contributed by atoms with Crippen LogP contribution in [0, 0.1) is 46.8 Å². The lowest BCUT2D eigenvalue weighted by atomic mass is 9.44. The zero-order valence-corrected chi connectivity index (χ0v) is 14.7. The number of hydrogen-bond acceptors (Lipinski definition) is 2. The van der Waals surface area contributed by atoms with Gasteiger partial charge in [0.1, 0.15) is 5.60 Å². The molecule has 0 aromatic carbocycles. The fraction of sp³-hybridized carbons (Fsp3) is 0.905. The first kappa shape index (κ1) is 16.0. The van der Waals surface area contributed by atoms with Crippen LogP contribution in [-0.4, -0.2) is 21.9 Å². The summed E-state index contributed by atoms with van der Waals surface area (Å²) in [5, 5.41) is 21.1. The Labute approximate surface area is 141 Å². The van der Waals surface area contributed by atoms with Gasteiger partial charge in [-0.05, 0) is 86.9 Å². The molecule has 0 aliphatic heterocycles. The van der Waals surface area contributed by atoms with Crippen LogP contribution in [0.25, 0.3) is 0 Å². The second kappa shape index (κ2) is 4.99. The highest BCUT2D eigenvalue weighted by atomic mass is 16.3. The van der Waals surface area contributed by atoms with Crippen molar-refractivity contribution in [1.29, 1.82) is 0 Å². The van der Waals surface area contributed by atoms with E-state index in [9.17, 15) is 10.2 Å². The maximum atomic E-state index is 11.0. The molecular weight excluding hydrogens is 284 g/mol. The summed E-state index contributed by atoms with van der Waals surface area (Å²) in [4.78, 5) is 0. The zero-order valence-electron chi connectivity index (χ0n) is 14.7. The molecule has 4 aliphatic carbocycles. The van der Waals surface area contributed by atoms with Gasteiger partial charge in [0, 0.05) is 5.41 Å². The van der Waals surface area contributed by atoms with Gasteiger partial charge in [-0.15, -0.1) is 6.42 Å². The molecule has 4 fully saturated rings. The number of fused-ring (bicyclic) bond motifs is 5. The predicted octanol–water partition coefficient (Wildman–Crippen LogP) is 3.75. The molecule has 0 amide bonds. The summed E-state index contributed by atoms with van der Waals surface area (Å²) in [6.45, 7) is 4.77. The van der Waals surface area contributed by atoms with Crippen molar-refractivity contribution in [2.75, 3.05) is 0 Å². The summed E-state index contributed by atoms with van der Waals surface area (Å²) in [5.74, 6) is 5.56. The summed E-state index contributed by atoms with van der Waals surface area (Å²) < 4.78 is 0. The lowest BCUT2D eigenvalue weighted by Crippen LogP contribution is -2.56. The molecule has 4 saturated carbocycles. The van der Waals surface area contributed by atoms with E-state index in [0.29, 0.717) is 17.3 Å². The maximum Gasteiger partial charge on any atom is 0.130 e. The second-order valence-electron chi connectivity index (χ2n) is 9.58. The molecule has 2 heteroatoms. The third-order valence-electron chi connectivity index (χ3n) is 9.03. The topological polar surface area (TPSA) is 40.5 Å². The lowest BCUT2D eigenvalue weighted by molar-refractivity contribution is -0.144. The minimum atomic E-state index is -0.886. The van der Waals surface area contributed by atoms with Crippen LogP contribution in [0.3, 0.4) is 0 Å². The van der Waals surface area contributed by atoms with E-state index < -0.39 is 5.60 Å². The van der Waals surface area contributed by atoms with Crippen LogP contribution < -0.4 is 0 Å². The summed E-state index contributed by atoms with van der Waals surface area (Å²) >= 11 is 0. The average Bonchev–Trinajstić information content (AvgIpc) is 2.80. The normalized spacial score (nSPS) is 58.7. The van der Waals surface area contributed by atoms with Crippen LogP contribution >= 0.6 is 0 Å². The number of aliphatic hydroxyl groups excluding tert-OH is 1. The molecule has 0 spiro atoms. The monoisotopic (exact) mass is 316 g/mol. The number of terminal acetylenes is 1. The molecule has 4 aliphatic rings. The largest absolute Gasteiger partial charge is 0.393 e. The van der Waals surface area contributed by atoms with Gasteiger partial charge in [0.2, 0.25) is 0 Å². The van der Waals surface area contributed by atoms with Crippen LogP contribution in [0.1, 0.15) is 71.6 Å². The van der Waals surface area contributed by atoms with E-state index >= 15 is 0 Å². The predicted molar refractivity (Wildman–Crippen MR) is 91.5 cm³/mol. The standard InChI is InChI=1S/C21H32O2/c1-4-21(23)12-9-18-16-6-5-14-13-15(22)7-10-19(14,2)17(16)8-11-20(18,21)3/h1,14-18,22-23H,5-13H2,2-3H3/t14-,15-,16-,17-,18-,19+,20+,21-/m1/s1. The van der Waals surface area contributed by atoms with Gasteiger partial charge in [-0.3, -0.25) is 0 Å². The van der Waals surface area contributed by atoms with E-state index in [2.05, 4.69) is 19.8 Å². The van der Waals surface area contributed by atoms with Gasteiger partial charge in [-0.25, -0.2) is 0 Å². The molecule has 0 aromatic rings. The van der Waals surface area contributed by atoms with Crippen molar-refractivity contribution in [3.05, 3.63) is 0 Å². The Hall–Kier alpha value is -0.520. The van der Waals surface area contributed by atoms with Crippen molar-refractivity contribution in [3.63, 3.8) is 0 Å². The fourth-order valence-electron chi connectivity index (χ4n) is 7.49. The first-order valence-electron chi connectivity index (χ1n) is 9.72. The highest BCUT2D eigenvalue weighted by Crippen LogP contribution is 2.68. The Morgan fingerprint density at radius 3 is 2.43 bits per heavy atom. The number of aliphatic hydroxyl groups is 2. The average molecular weight is 316 g/mol. The molecular formula is C21H32O2. The van der Waals surface area contributed by atoms with Gasteiger partial charge in [0.15, 0.2) is 0 Å². The molecule has 0 heterocycles. The molecule has 8 atom stereocenters. The zero-order chi connectivity index (χ0) is 16.5. The Morgan fingerprint density at radius 1 is 0.957 bits per heavy atom. The van der Waals surface area contributed by atoms with Crippen molar-refractivity contribution in [1.82, 2.24) is 0 Å². The van der Waals surface area contributed by atoms with E-state index in [0.717, 1.165) is 43.9 Å². The highest BCUT2D eigenvalue weighted by Gasteiger charge is 2.64. The van der Waals surface area contributed by atoms with Crippen LogP contribution in [0.4, 0.5) is 0 Å². The molecule has 128 valence electrons.